The Bertz CT molecular complexity index is 1560. The average Bonchev–Trinajstić information content (AvgIpc) is 3.55. The molecule has 0 bridgehead atoms. The molecule has 196 valence electrons. The lowest BCUT2D eigenvalue weighted by Gasteiger charge is -2.25. The molecule has 0 spiro atoms. The SMILES string of the molecule is COc1cc(OC)cc(N(Cc2nccn2SN(C)C)c2ccc3ncc(-c4cnn(C)c4)c(Cl)c3n2)c1. The zero-order valence-electron chi connectivity index (χ0n) is 21.7. The van der Waals surface area contributed by atoms with Gasteiger partial charge in [0.25, 0.3) is 0 Å². The van der Waals surface area contributed by atoms with Gasteiger partial charge < -0.3 is 14.4 Å². The predicted molar refractivity (Wildman–Crippen MR) is 151 cm³/mol. The number of imidazole rings is 1. The first kappa shape index (κ1) is 25.8. The van der Waals surface area contributed by atoms with Gasteiger partial charge in [-0.3, -0.25) is 13.6 Å². The van der Waals surface area contributed by atoms with Crippen LogP contribution in [0.25, 0.3) is 22.2 Å². The third-order valence-electron chi connectivity index (χ3n) is 5.81. The molecule has 0 saturated heterocycles. The second kappa shape index (κ2) is 10.9. The van der Waals surface area contributed by atoms with Gasteiger partial charge in [-0.05, 0) is 26.2 Å². The number of halogens is 1. The number of benzene rings is 1. The van der Waals surface area contributed by atoms with Gasteiger partial charge in [-0.2, -0.15) is 5.10 Å². The van der Waals surface area contributed by atoms with Crippen molar-refractivity contribution in [2.45, 2.75) is 6.54 Å². The largest absolute Gasteiger partial charge is 0.497 e. The third kappa shape index (κ3) is 5.26. The zero-order chi connectivity index (χ0) is 26.8. The third-order valence-corrected chi connectivity index (χ3v) is 7.03. The molecule has 5 aromatic rings. The van der Waals surface area contributed by atoms with Crippen molar-refractivity contribution in [1.82, 2.24) is 33.0 Å². The summed E-state index contributed by atoms with van der Waals surface area (Å²) in [5.74, 6) is 2.83. The fourth-order valence-electron chi connectivity index (χ4n) is 4.02. The summed E-state index contributed by atoms with van der Waals surface area (Å²) >= 11 is 8.44. The first-order valence-corrected chi connectivity index (χ1v) is 12.8. The van der Waals surface area contributed by atoms with Crippen molar-refractivity contribution >= 4 is 46.3 Å². The molecule has 4 aromatic heterocycles. The Balaban J connectivity index is 1.65. The van der Waals surface area contributed by atoms with Crippen LogP contribution < -0.4 is 14.4 Å². The first-order chi connectivity index (χ1) is 18.4. The fourth-order valence-corrected chi connectivity index (χ4v) is 4.97. The number of aryl methyl sites for hydroxylation is 1. The molecule has 0 aliphatic carbocycles. The van der Waals surface area contributed by atoms with Crippen LogP contribution in [0.15, 0.2) is 61.3 Å². The lowest BCUT2D eigenvalue weighted by Crippen LogP contribution is -2.20. The van der Waals surface area contributed by atoms with E-state index in [9.17, 15) is 0 Å². The molecule has 0 aliphatic rings. The van der Waals surface area contributed by atoms with Gasteiger partial charge in [-0.25, -0.2) is 14.3 Å². The summed E-state index contributed by atoms with van der Waals surface area (Å²) in [4.78, 5) is 16.3. The number of fused-ring (bicyclic) bond motifs is 1. The van der Waals surface area contributed by atoms with Crippen LogP contribution in [0, 0.1) is 0 Å². The number of pyridine rings is 2. The summed E-state index contributed by atoms with van der Waals surface area (Å²) in [5, 5.41) is 4.78. The van der Waals surface area contributed by atoms with E-state index in [2.05, 4.69) is 15.1 Å². The maximum absolute atomic E-state index is 6.91. The minimum atomic E-state index is 0.427. The van der Waals surface area contributed by atoms with E-state index in [1.807, 2.05) is 77.0 Å². The molecule has 5 rings (SSSR count). The summed E-state index contributed by atoms with van der Waals surface area (Å²) < 4.78 is 16.9. The number of methoxy groups -OCH3 is 2. The van der Waals surface area contributed by atoms with Crippen molar-refractivity contribution in [3.8, 4) is 22.6 Å². The van der Waals surface area contributed by atoms with Gasteiger partial charge in [-0.15, -0.1) is 0 Å². The maximum atomic E-state index is 6.91. The Hall–Kier alpha value is -3.80. The zero-order valence-corrected chi connectivity index (χ0v) is 23.2. The number of aromatic nitrogens is 6. The lowest BCUT2D eigenvalue weighted by atomic mass is 10.1. The molecule has 12 heteroatoms. The van der Waals surface area contributed by atoms with Crippen molar-refractivity contribution in [1.29, 1.82) is 0 Å². The van der Waals surface area contributed by atoms with E-state index in [0.717, 1.165) is 22.6 Å². The number of rotatable bonds is 9. The normalized spacial score (nSPS) is 11.3. The summed E-state index contributed by atoms with van der Waals surface area (Å²) in [6.45, 7) is 0.427. The van der Waals surface area contributed by atoms with Crippen LogP contribution in [0.2, 0.25) is 5.02 Å². The Morgan fingerprint density at radius 3 is 2.45 bits per heavy atom. The Morgan fingerprint density at radius 1 is 1.03 bits per heavy atom. The molecule has 0 N–H and O–H groups in total. The molecule has 0 atom stereocenters. The van der Waals surface area contributed by atoms with Gasteiger partial charge in [0, 0.05) is 73.3 Å². The minimum absolute atomic E-state index is 0.427. The molecule has 0 saturated carbocycles. The highest BCUT2D eigenvalue weighted by molar-refractivity contribution is 7.95. The average molecular weight is 551 g/mol. The second-order valence-electron chi connectivity index (χ2n) is 8.65. The van der Waals surface area contributed by atoms with Crippen LogP contribution in [-0.2, 0) is 13.6 Å². The highest BCUT2D eigenvalue weighted by Crippen LogP contribution is 2.37. The van der Waals surface area contributed by atoms with Crippen molar-refractivity contribution in [2.75, 3.05) is 33.2 Å². The van der Waals surface area contributed by atoms with Crippen LogP contribution in [-0.4, -0.2) is 61.3 Å². The van der Waals surface area contributed by atoms with Crippen LogP contribution >= 0.6 is 23.7 Å². The molecular formula is C26H27ClN8O2S. The van der Waals surface area contributed by atoms with E-state index in [0.29, 0.717) is 39.9 Å². The van der Waals surface area contributed by atoms with Crippen LogP contribution in [0.3, 0.4) is 0 Å². The Labute approximate surface area is 230 Å². The molecule has 0 aliphatic heterocycles. The van der Waals surface area contributed by atoms with Crippen molar-refractivity contribution in [3.05, 3.63) is 72.2 Å². The topological polar surface area (TPSA) is 86.4 Å². The van der Waals surface area contributed by atoms with E-state index in [-0.39, 0.29) is 0 Å². The monoisotopic (exact) mass is 550 g/mol. The fraction of sp³-hybridized carbons (Fsp3) is 0.231. The summed E-state index contributed by atoms with van der Waals surface area (Å²) in [6.07, 6.45) is 9.12. The molecule has 1 aromatic carbocycles. The van der Waals surface area contributed by atoms with Gasteiger partial charge in [0.2, 0.25) is 0 Å². The van der Waals surface area contributed by atoms with Gasteiger partial charge in [0.1, 0.15) is 28.7 Å². The molecule has 0 radical (unpaired) electrons. The van der Waals surface area contributed by atoms with Gasteiger partial charge >= 0.3 is 0 Å². The van der Waals surface area contributed by atoms with Crippen LogP contribution in [0.1, 0.15) is 5.82 Å². The van der Waals surface area contributed by atoms with Crippen molar-refractivity contribution in [3.63, 3.8) is 0 Å². The highest BCUT2D eigenvalue weighted by Gasteiger charge is 2.20. The lowest BCUT2D eigenvalue weighted by molar-refractivity contribution is 0.394. The molecule has 10 nitrogen and oxygen atoms in total. The molecule has 38 heavy (non-hydrogen) atoms. The second-order valence-corrected chi connectivity index (χ2v) is 10.3. The first-order valence-electron chi connectivity index (χ1n) is 11.7. The molecule has 0 fully saturated rings. The van der Waals surface area contributed by atoms with Crippen LogP contribution in [0.4, 0.5) is 11.5 Å². The number of ether oxygens (including phenoxy) is 2. The standard InChI is InChI=1S/C26H27ClN8O2S/c1-32(2)38-35-9-8-28-24(35)16-34(18-10-19(36-4)12-20(11-18)37-5)23-7-6-22-26(31-23)25(27)21(14-29-22)17-13-30-33(3)15-17/h6-15H,16H2,1-5H3. The predicted octanol–water partition coefficient (Wildman–Crippen LogP) is 5.21. The van der Waals surface area contributed by atoms with E-state index < -0.39 is 0 Å². The minimum Gasteiger partial charge on any atom is -0.497 e. The van der Waals surface area contributed by atoms with E-state index >= 15 is 0 Å². The molecule has 0 unspecified atom stereocenters. The van der Waals surface area contributed by atoms with E-state index in [1.54, 1.807) is 37.5 Å². The van der Waals surface area contributed by atoms with Crippen molar-refractivity contribution in [2.24, 2.45) is 7.05 Å². The molecule has 0 amide bonds. The van der Waals surface area contributed by atoms with Gasteiger partial charge in [0.05, 0.1) is 43.2 Å². The van der Waals surface area contributed by atoms with Gasteiger partial charge in [-0.1, -0.05) is 11.6 Å². The summed E-state index contributed by atoms with van der Waals surface area (Å²) in [6, 6.07) is 9.55. The molecular weight excluding hydrogens is 524 g/mol. The summed E-state index contributed by atoms with van der Waals surface area (Å²) in [7, 11) is 9.09. The van der Waals surface area contributed by atoms with E-state index in [4.69, 9.17) is 26.1 Å². The van der Waals surface area contributed by atoms with Crippen molar-refractivity contribution < 1.29 is 9.47 Å². The van der Waals surface area contributed by atoms with Crippen LogP contribution in [0.5, 0.6) is 11.5 Å². The number of hydrogen-bond donors (Lipinski definition) is 0. The Morgan fingerprint density at radius 2 is 1.79 bits per heavy atom. The Kier molecular flexibility index (Phi) is 7.41. The highest BCUT2D eigenvalue weighted by atomic mass is 35.5. The molecule has 4 heterocycles. The van der Waals surface area contributed by atoms with Gasteiger partial charge in [0.15, 0.2) is 0 Å². The smallest absolute Gasteiger partial charge is 0.139 e. The number of anilines is 2. The summed E-state index contributed by atoms with van der Waals surface area (Å²) in [5.41, 5.74) is 3.75. The van der Waals surface area contributed by atoms with E-state index in [1.165, 1.54) is 12.1 Å². The quantitative estimate of drug-likeness (QED) is 0.229. The number of hydrogen-bond acceptors (Lipinski definition) is 9. The maximum Gasteiger partial charge on any atom is 0.139 e. The number of nitrogens with zero attached hydrogens (tertiary/aromatic N) is 8.